The summed E-state index contributed by atoms with van der Waals surface area (Å²) >= 11 is 0. The Morgan fingerprint density at radius 3 is 2.44 bits per heavy atom. The number of rotatable bonds is 2. The minimum absolute atomic E-state index is 0.151. The van der Waals surface area contributed by atoms with Crippen molar-refractivity contribution < 1.29 is 9.90 Å². The van der Waals surface area contributed by atoms with E-state index in [1.54, 1.807) is 31.6 Å². The average molecular weight is 215 g/mol. The lowest BCUT2D eigenvalue weighted by atomic mass is 10.1. The Morgan fingerprint density at radius 1 is 1.12 bits per heavy atom. The fourth-order valence-electron chi connectivity index (χ4n) is 1.26. The van der Waals surface area contributed by atoms with E-state index >= 15 is 0 Å². The van der Waals surface area contributed by atoms with Crippen molar-refractivity contribution in [2.75, 3.05) is 0 Å². The molecule has 0 aliphatic heterocycles. The van der Waals surface area contributed by atoms with Crippen molar-refractivity contribution in [3.8, 4) is 11.1 Å². The molecule has 2 heterocycles. The summed E-state index contributed by atoms with van der Waals surface area (Å²) in [4.78, 5) is 22.7. The molecule has 0 unspecified atom stereocenters. The van der Waals surface area contributed by atoms with Gasteiger partial charge in [-0.2, -0.15) is 0 Å². The van der Waals surface area contributed by atoms with Crippen molar-refractivity contribution in [2.24, 2.45) is 0 Å². The molecule has 0 saturated heterocycles. The Hall–Kier alpha value is -2.30. The number of carboxylic acid groups (broad SMARTS) is 1. The predicted molar refractivity (Wildman–Crippen MR) is 57.0 cm³/mol. The van der Waals surface area contributed by atoms with Crippen LogP contribution in [0.2, 0.25) is 0 Å². The summed E-state index contributed by atoms with van der Waals surface area (Å²) in [5, 5.41) is 8.83. The Bertz CT molecular complexity index is 523. The molecule has 0 spiro atoms. The second kappa shape index (κ2) is 4.06. The molecule has 0 amide bonds. The lowest BCUT2D eigenvalue weighted by Crippen LogP contribution is -1.97. The second-order valence-electron chi connectivity index (χ2n) is 3.29. The smallest absolute Gasteiger partial charge is 0.337 e. The summed E-state index contributed by atoms with van der Waals surface area (Å²) in [7, 11) is 0. The SMILES string of the molecule is Cc1ncc(-c2cncc(C(=O)O)c2)cn1. The molecule has 0 atom stereocenters. The van der Waals surface area contributed by atoms with Crippen LogP contribution in [-0.4, -0.2) is 26.0 Å². The van der Waals surface area contributed by atoms with Crippen molar-refractivity contribution in [3.05, 3.63) is 42.2 Å². The highest BCUT2D eigenvalue weighted by molar-refractivity contribution is 5.88. The topological polar surface area (TPSA) is 76.0 Å². The van der Waals surface area contributed by atoms with Gasteiger partial charge in [-0.1, -0.05) is 0 Å². The largest absolute Gasteiger partial charge is 0.478 e. The van der Waals surface area contributed by atoms with E-state index in [1.807, 2.05) is 0 Å². The molecular weight excluding hydrogens is 206 g/mol. The first-order chi connectivity index (χ1) is 7.66. The highest BCUT2D eigenvalue weighted by Crippen LogP contribution is 2.17. The molecule has 0 aliphatic carbocycles. The van der Waals surface area contributed by atoms with E-state index in [1.165, 1.54) is 6.20 Å². The highest BCUT2D eigenvalue weighted by Gasteiger charge is 2.05. The normalized spacial score (nSPS) is 10.1. The number of pyridine rings is 1. The van der Waals surface area contributed by atoms with Gasteiger partial charge in [-0.05, 0) is 13.0 Å². The lowest BCUT2D eigenvalue weighted by Gasteiger charge is -2.01. The molecule has 2 aromatic rings. The van der Waals surface area contributed by atoms with Crippen molar-refractivity contribution in [2.45, 2.75) is 6.92 Å². The maximum Gasteiger partial charge on any atom is 0.337 e. The molecule has 0 radical (unpaired) electrons. The third kappa shape index (κ3) is 2.03. The molecule has 2 rings (SSSR count). The van der Waals surface area contributed by atoms with Gasteiger partial charge in [0.1, 0.15) is 5.82 Å². The monoisotopic (exact) mass is 215 g/mol. The second-order valence-corrected chi connectivity index (χ2v) is 3.29. The number of aromatic nitrogens is 3. The fourth-order valence-corrected chi connectivity index (χ4v) is 1.26. The summed E-state index contributed by atoms with van der Waals surface area (Å²) in [5.74, 6) is -0.325. The molecule has 2 aromatic heterocycles. The Labute approximate surface area is 91.8 Å². The Morgan fingerprint density at radius 2 is 1.81 bits per heavy atom. The van der Waals surface area contributed by atoms with E-state index in [0.29, 0.717) is 11.4 Å². The third-order valence-corrected chi connectivity index (χ3v) is 2.10. The Balaban J connectivity index is 2.44. The molecule has 16 heavy (non-hydrogen) atoms. The van der Waals surface area contributed by atoms with Gasteiger partial charge in [0.2, 0.25) is 0 Å². The van der Waals surface area contributed by atoms with Gasteiger partial charge in [0, 0.05) is 35.9 Å². The number of aromatic carboxylic acids is 1. The molecule has 0 bridgehead atoms. The van der Waals surface area contributed by atoms with Gasteiger partial charge < -0.3 is 5.11 Å². The quantitative estimate of drug-likeness (QED) is 0.822. The van der Waals surface area contributed by atoms with E-state index in [-0.39, 0.29) is 5.56 Å². The maximum absolute atomic E-state index is 10.8. The maximum atomic E-state index is 10.8. The molecule has 0 saturated carbocycles. The van der Waals surface area contributed by atoms with Crippen LogP contribution in [0.1, 0.15) is 16.2 Å². The molecule has 5 heteroatoms. The summed E-state index contributed by atoms with van der Waals surface area (Å²) in [5.41, 5.74) is 1.60. The first-order valence-corrected chi connectivity index (χ1v) is 4.64. The Kier molecular flexibility index (Phi) is 2.59. The summed E-state index contributed by atoms with van der Waals surface area (Å²) < 4.78 is 0. The molecule has 1 N–H and O–H groups in total. The van der Waals surface area contributed by atoms with Gasteiger partial charge in [-0.25, -0.2) is 14.8 Å². The van der Waals surface area contributed by atoms with Crippen molar-refractivity contribution in [1.29, 1.82) is 0 Å². The lowest BCUT2D eigenvalue weighted by molar-refractivity contribution is 0.0696. The number of carboxylic acids is 1. The number of nitrogens with zero attached hydrogens (tertiary/aromatic N) is 3. The van der Waals surface area contributed by atoms with Gasteiger partial charge in [0.25, 0.3) is 0 Å². The number of carbonyl (C=O) groups is 1. The zero-order chi connectivity index (χ0) is 11.5. The fraction of sp³-hybridized carbons (Fsp3) is 0.0909. The van der Waals surface area contributed by atoms with Gasteiger partial charge in [-0.3, -0.25) is 4.98 Å². The summed E-state index contributed by atoms with van der Waals surface area (Å²) in [6, 6.07) is 1.54. The molecule has 80 valence electrons. The van der Waals surface area contributed by atoms with Gasteiger partial charge in [0.15, 0.2) is 0 Å². The van der Waals surface area contributed by atoms with Crippen molar-refractivity contribution in [3.63, 3.8) is 0 Å². The van der Waals surface area contributed by atoms with Crippen LogP contribution in [0.15, 0.2) is 30.9 Å². The summed E-state index contributed by atoms with van der Waals surface area (Å²) in [6.07, 6.45) is 6.18. The molecule has 0 fully saturated rings. The van der Waals surface area contributed by atoms with Crippen LogP contribution in [0.4, 0.5) is 0 Å². The summed E-state index contributed by atoms with van der Waals surface area (Å²) in [6.45, 7) is 1.79. The van der Waals surface area contributed by atoms with Crippen LogP contribution < -0.4 is 0 Å². The molecule has 0 aromatic carbocycles. The third-order valence-electron chi connectivity index (χ3n) is 2.10. The van der Waals surface area contributed by atoms with E-state index in [2.05, 4.69) is 15.0 Å². The van der Waals surface area contributed by atoms with E-state index in [4.69, 9.17) is 5.11 Å². The van der Waals surface area contributed by atoms with Crippen LogP contribution in [-0.2, 0) is 0 Å². The molecule has 0 aliphatic rings. The minimum Gasteiger partial charge on any atom is -0.478 e. The molecule has 5 nitrogen and oxygen atoms in total. The van der Waals surface area contributed by atoms with E-state index in [9.17, 15) is 4.79 Å². The number of aryl methyl sites for hydroxylation is 1. The van der Waals surface area contributed by atoms with Crippen molar-refractivity contribution in [1.82, 2.24) is 15.0 Å². The highest BCUT2D eigenvalue weighted by atomic mass is 16.4. The van der Waals surface area contributed by atoms with E-state index in [0.717, 1.165) is 5.56 Å². The zero-order valence-electron chi connectivity index (χ0n) is 8.58. The number of hydrogen-bond acceptors (Lipinski definition) is 4. The minimum atomic E-state index is -0.998. The van der Waals surface area contributed by atoms with E-state index < -0.39 is 5.97 Å². The predicted octanol–water partition coefficient (Wildman–Crippen LogP) is 1.55. The average Bonchev–Trinajstić information content (AvgIpc) is 2.30. The number of hydrogen-bond donors (Lipinski definition) is 1. The van der Waals surface area contributed by atoms with Crippen LogP contribution in [0.5, 0.6) is 0 Å². The van der Waals surface area contributed by atoms with Crippen LogP contribution >= 0.6 is 0 Å². The molecular formula is C11H9N3O2. The van der Waals surface area contributed by atoms with Gasteiger partial charge in [0.05, 0.1) is 5.56 Å². The van der Waals surface area contributed by atoms with Gasteiger partial charge >= 0.3 is 5.97 Å². The van der Waals surface area contributed by atoms with Gasteiger partial charge in [-0.15, -0.1) is 0 Å². The van der Waals surface area contributed by atoms with Crippen LogP contribution in [0.3, 0.4) is 0 Å². The van der Waals surface area contributed by atoms with Crippen molar-refractivity contribution >= 4 is 5.97 Å². The first-order valence-electron chi connectivity index (χ1n) is 4.64. The first kappa shape index (κ1) is 10.2. The zero-order valence-corrected chi connectivity index (χ0v) is 8.58. The van der Waals surface area contributed by atoms with Crippen LogP contribution in [0.25, 0.3) is 11.1 Å². The standard InChI is InChI=1S/C11H9N3O2/c1-7-13-5-10(6-14-7)8-2-9(11(15)16)4-12-3-8/h2-6H,1H3,(H,15,16). The van der Waals surface area contributed by atoms with Crippen LogP contribution in [0, 0.1) is 6.92 Å².